The first-order valence-electron chi connectivity index (χ1n) is 12.0. The number of nitrogens with zero attached hydrogens (tertiary/aromatic N) is 3. The van der Waals surface area contributed by atoms with Gasteiger partial charge in [-0.1, -0.05) is 25.1 Å². The minimum atomic E-state index is -0.144. The van der Waals surface area contributed by atoms with Gasteiger partial charge in [-0.15, -0.1) is 0 Å². The third-order valence-electron chi connectivity index (χ3n) is 5.97. The highest BCUT2D eigenvalue weighted by Crippen LogP contribution is 2.21. The summed E-state index contributed by atoms with van der Waals surface area (Å²) in [6.45, 7) is 3.84. The van der Waals surface area contributed by atoms with Crippen LogP contribution in [0.4, 0.5) is 5.95 Å². The van der Waals surface area contributed by atoms with Gasteiger partial charge in [0.2, 0.25) is 5.95 Å². The molecule has 36 heavy (non-hydrogen) atoms. The lowest BCUT2D eigenvalue weighted by atomic mass is 10.1. The molecule has 0 aliphatic heterocycles. The van der Waals surface area contributed by atoms with Gasteiger partial charge in [0.15, 0.2) is 0 Å². The van der Waals surface area contributed by atoms with Crippen LogP contribution in [-0.4, -0.2) is 58.0 Å². The van der Waals surface area contributed by atoms with Crippen molar-refractivity contribution in [3.05, 3.63) is 77.6 Å². The molecule has 6 N–H and O–H groups in total. The van der Waals surface area contributed by atoms with Crippen LogP contribution < -0.4 is 16.0 Å². The number of aliphatic hydroxyl groups excluding tert-OH is 1. The second-order valence-corrected chi connectivity index (χ2v) is 8.53. The van der Waals surface area contributed by atoms with Crippen LogP contribution >= 0.6 is 0 Å². The van der Waals surface area contributed by atoms with Crippen molar-refractivity contribution in [3.63, 3.8) is 0 Å². The zero-order chi connectivity index (χ0) is 25.5. The van der Waals surface area contributed by atoms with E-state index in [-0.39, 0.29) is 18.3 Å². The second kappa shape index (κ2) is 11.5. The number of nitrogens with two attached hydrogens (primary N) is 1. The largest absolute Gasteiger partial charge is 0.395 e. The zero-order valence-corrected chi connectivity index (χ0v) is 20.3. The van der Waals surface area contributed by atoms with Crippen LogP contribution in [0.2, 0.25) is 0 Å². The van der Waals surface area contributed by atoms with Gasteiger partial charge < -0.3 is 26.0 Å². The number of anilines is 1. The van der Waals surface area contributed by atoms with Gasteiger partial charge in [-0.3, -0.25) is 10.2 Å². The lowest BCUT2D eigenvalue weighted by molar-refractivity contribution is 0.0954. The van der Waals surface area contributed by atoms with Gasteiger partial charge in [0.1, 0.15) is 5.84 Å². The second-order valence-electron chi connectivity index (χ2n) is 8.53. The SMILES string of the molecule is CCCN(CCO)c1nccc(-c2ccc(C(=O)NCCc3ccc4[nH]cc(C(=N)N)c4c3)cc2)n1. The molecule has 0 atom stereocenters. The van der Waals surface area contributed by atoms with Crippen LogP contribution in [0.15, 0.2) is 60.9 Å². The van der Waals surface area contributed by atoms with E-state index < -0.39 is 0 Å². The Morgan fingerprint density at radius 3 is 2.69 bits per heavy atom. The minimum absolute atomic E-state index is 0.0248. The third kappa shape index (κ3) is 5.69. The number of H-pyrrole nitrogens is 1. The summed E-state index contributed by atoms with van der Waals surface area (Å²) < 4.78 is 0. The summed E-state index contributed by atoms with van der Waals surface area (Å²) in [5.41, 5.74) is 10.5. The van der Waals surface area contributed by atoms with Crippen LogP contribution in [0.5, 0.6) is 0 Å². The van der Waals surface area contributed by atoms with E-state index in [1.54, 1.807) is 24.5 Å². The van der Waals surface area contributed by atoms with Gasteiger partial charge >= 0.3 is 0 Å². The van der Waals surface area contributed by atoms with E-state index in [0.717, 1.165) is 40.7 Å². The van der Waals surface area contributed by atoms with Gasteiger partial charge in [0.25, 0.3) is 5.91 Å². The number of hydrogen-bond acceptors (Lipinski definition) is 6. The number of aliphatic hydroxyl groups is 1. The van der Waals surface area contributed by atoms with Crippen molar-refractivity contribution >= 4 is 28.6 Å². The number of aromatic nitrogens is 3. The summed E-state index contributed by atoms with van der Waals surface area (Å²) in [6, 6.07) is 15.1. The molecule has 0 radical (unpaired) electrons. The lowest BCUT2D eigenvalue weighted by Gasteiger charge is -2.21. The Bertz CT molecular complexity index is 1340. The number of aromatic amines is 1. The highest BCUT2D eigenvalue weighted by atomic mass is 16.3. The summed E-state index contributed by atoms with van der Waals surface area (Å²) in [4.78, 5) is 26.8. The van der Waals surface area contributed by atoms with E-state index >= 15 is 0 Å². The molecule has 4 aromatic rings. The Balaban J connectivity index is 1.38. The number of benzene rings is 2. The molecule has 4 rings (SSSR count). The molecule has 0 saturated heterocycles. The van der Waals surface area contributed by atoms with E-state index in [4.69, 9.17) is 11.1 Å². The number of carbonyl (C=O) groups is 1. The molecule has 0 aliphatic carbocycles. The first kappa shape index (κ1) is 24.9. The highest BCUT2D eigenvalue weighted by Gasteiger charge is 2.12. The van der Waals surface area contributed by atoms with Crippen LogP contribution in [0.25, 0.3) is 22.2 Å². The maximum Gasteiger partial charge on any atom is 0.251 e. The molecule has 0 bridgehead atoms. The standard InChI is InChI=1S/C27H31N7O2/c1-2-13-34(14-15-35)27-31-12-10-23(33-27)19-4-6-20(7-5-19)26(36)30-11-9-18-3-8-24-21(16-18)22(17-32-24)25(28)29/h3-8,10,12,16-17,32,35H,2,9,11,13-15H2,1H3,(H3,28,29)(H,30,36). The van der Waals surface area contributed by atoms with Gasteiger partial charge in [0.05, 0.1) is 12.3 Å². The summed E-state index contributed by atoms with van der Waals surface area (Å²) in [7, 11) is 0. The number of carbonyl (C=O) groups excluding carboxylic acids is 1. The number of fused-ring (bicyclic) bond motifs is 1. The molecule has 0 saturated carbocycles. The van der Waals surface area contributed by atoms with E-state index in [0.29, 0.717) is 36.6 Å². The summed E-state index contributed by atoms with van der Waals surface area (Å²) in [5, 5.41) is 20.9. The topological polar surface area (TPSA) is 144 Å². The molecule has 0 aliphatic rings. The molecule has 0 fully saturated rings. The molecule has 2 heterocycles. The monoisotopic (exact) mass is 485 g/mol. The number of nitrogen functional groups attached to an aromatic ring is 1. The van der Waals surface area contributed by atoms with E-state index in [1.807, 2.05) is 41.3 Å². The molecule has 9 nitrogen and oxygen atoms in total. The molecular formula is C27H31N7O2. The average molecular weight is 486 g/mol. The fraction of sp³-hybridized carbons (Fsp3) is 0.259. The molecule has 0 unspecified atom stereocenters. The number of hydrogen-bond donors (Lipinski definition) is 5. The Kier molecular flexibility index (Phi) is 7.92. The Labute approximate surface area is 209 Å². The molecule has 0 spiro atoms. The van der Waals surface area contributed by atoms with Crippen LogP contribution in [0.3, 0.4) is 0 Å². The highest BCUT2D eigenvalue weighted by molar-refractivity contribution is 6.07. The molecule has 2 aromatic carbocycles. The minimum Gasteiger partial charge on any atom is -0.395 e. The van der Waals surface area contributed by atoms with Crippen molar-refractivity contribution in [2.45, 2.75) is 19.8 Å². The maximum atomic E-state index is 12.7. The van der Waals surface area contributed by atoms with Crippen molar-refractivity contribution < 1.29 is 9.90 Å². The summed E-state index contributed by atoms with van der Waals surface area (Å²) in [5.74, 6) is 0.462. The number of amides is 1. The molecule has 1 amide bonds. The fourth-order valence-corrected chi connectivity index (χ4v) is 4.12. The van der Waals surface area contributed by atoms with Crippen molar-refractivity contribution in [2.24, 2.45) is 5.73 Å². The van der Waals surface area contributed by atoms with E-state index in [1.165, 1.54) is 0 Å². The van der Waals surface area contributed by atoms with Crippen molar-refractivity contribution in [2.75, 3.05) is 31.1 Å². The predicted molar refractivity (Wildman–Crippen MR) is 142 cm³/mol. The van der Waals surface area contributed by atoms with Crippen LogP contribution in [0.1, 0.15) is 34.8 Å². The van der Waals surface area contributed by atoms with E-state index in [9.17, 15) is 9.90 Å². The molecular weight excluding hydrogens is 454 g/mol. The number of rotatable bonds is 11. The fourth-order valence-electron chi connectivity index (χ4n) is 4.12. The van der Waals surface area contributed by atoms with Gasteiger partial charge in [-0.25, -0.2) is 9.97 Å². The molecule has 2 aromatic heterocycles. The maximum absolute atomic E-state index is 12.7. The smallest absolute Gasteiger partial charge is 0.251 e. The average Bonchev–Trinajstić information content (AvgIpc) is 3.32. The Morgan fingerprint density at radius 1 is 1.17 bits per heavy atom. The first-order valence-corrected chi connectivity index (χ1v) is 12.0. The normalized spacial score (nSPS) is 10.9. The van der Waals surface area contributed by atoms with Crippen LogP contribution in [0, 0.1) is 5.41 Å². The van der Waals surface area contributed by atoms with E-state index in [2.05, 4.69) is 27.2 Å². The summed E-state index contributed by atoms with van der Waals surface area (Å²) >= 11 is 0. The van der Waals surface area contributed by atoms with Gasteiger partial charge in [-0.2, -0.15) is 0 Å². The Morgan fingerprint density at radius 2 is 1.97 bits per heavy atom. The molecule has 9 heteroatoms. The first-order chi connectivity index (χ1) is 17.5. The third-order valence-corrected chi connectivity index (χ3v) is 5.97. The number of nitrogens with one attached hydrogen (secondary N) is 3. The molecule has 186 valence electrons. The Hall–Kier alpha value is -4.24. The van der Waals surface area contributed by atoms with Gasteiger partial charge in [-0.05, 0) is 48.7 Å². The zero-order valence-electron chi connectivity index (χ0n) is 20.3. The van der Waals surface area contributed by atoms with Crippen molar-refractivity contribution in [3.8, 4) is 11.3 Å². The van der Waals surface area contributed by atoms with Crippen LogP contribution in [-0.2, 0) is 6.42 Å². The van der Waals surface area contributed by atoms with Crippen molar-refractivity contribution in [1.82, 2.24) is 20.3 Å². The van der Waals surface area contributed by atoms with Crippen molar-refractivity contribution in [1.29, 1.82) is 5.41 Å². The van der Waals surface area contributed by atoms with Gasteiger partial charge in [0, 0.05) is 59.6 Å². The quantitative estimate of drug-likeness (QED) is 0.163. The number of amidine groups is 1. The lowest BCUT2D eigenvalue weighted by Crippen LogP contribution is -2.29. The predicted octanol–water partition coefficient (Wildman–Crippen LogP) is 3.09. The summed E-state index contributed by atoms with van der Waals surface area (Å²) in [6.07, 6.45) is 5.04.